The van der Waals surface area contributed by atoms with Crippen LogP contribution in [-0.4, -0.2) is 69.1 Å². The highest BCUT2D eigenvalue weighted by atomic mass is 19.4. The van der Waals surface area contributed by atoms with Gasteiger partial charge in [-0.1, -0.05) is 0 Å². The molecular weight excluding hydrogens is 263 g/mol. The van der Waals surface area contributed by atoms with Crippen molar-refractivity contribution >= 4 is 5.78 Å². The minimum Gasteiger partial charge on any atom is -0.394 e. The van der Waals surface area contributed by atoms with E-state index in [0.717, 1.165) is 0 Å². The molecule has 0 saturated carbocycles. The summed E-state index contributed by atoms with van der Waals surface area (Å²) in [4.78, 5) is 11.0. The van der Waals surface area contributed by atoms with Crippen molar-refractivity contribution in [1.29, 1.82) is 0 Å². The van der Waals surface area contributed by atoms with E-state index < -0.39 is 48.7 Å². The van der Waals surface area contributed by atoms with Crippen molar-refractivity contribution < 1.29 is 43.1 Å². The third-order valence-corrected chi connectivity index (χ3v) is 2.64. The molecular formula is C8H12F3NO6. The van der Waals surface area contributed by atoms with Crippen LogP contribution in [0.5, 0.6) is 0 Å². The number of carbonyl (C=O) groups is 1. The SMILES string of the molecule is N[C@@H]1[C@@H](O)[C@@H](O)[C@@H](CO)OC1(O)C(=O)C(F)(F)F. The molecule has 1 aliphatic rings. The van der Waals surface area contributed by atoms with Gasteiger partial charge in [0.15, 0.2) is 0 Å². The molecule has 1 heterocycles. The van der Waals surface area contributed by atoms with Gasteiger partial charge in [-0.2, -0.15) is 13.2 Å². The zero-order valence-electron chi connectivity index (χ0n) is 8.83. The monoisotopic (exact) mass is 275 g/mol. The van der Waals surface area contributed by atoms with Gasteiger partial charge in [-0.25, -0.2) is 0 Å². The topological polar surface area (TPSA) is 133 Å². The molecule has 0 aliphatic carbocycles. The summed E-state index contributed by atoms with van der Waals surface area (Å²) in [7, 11) is 0. The van der Waals surface area contributed by atoms with E-state index in [-0.39, 0.29) is 0 Å². The highest BCUT2D eigenvalue weighted by Gasteiger charge is 2.62. The number of ether oxygens (including phenoxy) is 1. The molecule has 1 rings (SSSR count). The lowest BCUT2D eigenvalue weighted by Crippen LogP contribution is -2.72. The first-order valence-electron chi connectivity index (χ1n) is 4.80. The van der Waals surface area contributed by atoms with E-state index in [1.54, 1.807) is 0 Å². The van der Waals surface area contributed by atoms with Crippen molar-refractivity contribution in [2.45, 2.75) is 36.3 Å². The van der Waals surface area contributed by atoms with Crippen LogP contribution in [0.1, 0.15) is 0 Å². The summed E-state index contributed by atoms with van der Waals surface area (Å²) in [6, 6.07) is -2.20. The van der Waals surface area contributed by atoms with Crippen LogP contribution in [0.15, 0.2) is 0 Å². The summed E-state index contributed by atoms with van der Waals surface area (Å²) in [5.74, 6) is -6.27. The number of nitrogens with two attached hydrogens (primary N) is 1. The minimum atomic E-state index is -5.45. The summed E-state index contributed by atoms with van der Waals surface area (Å²) >= 11 is 0. The van der Waals surface area contributed by atoms with Crippen molar-refractivity contribution in [1.82, 2.24) is 0 Å². The van der Waals surface area contributed by atoms with Crippen molar-refractivity contribution in [3.05, 3.63) is 0 Å². The molecule has 1 saturated heterocycles. The van der Waals surface area contributed by atoms with E-state index in [1.807, 2.05) is 0 Å². The number of hydrogen-bond acceptors (Lipinski definition) is 7. The number of ketones is 1. The normalized spacial score (nSPS) is 41.8. The smallest absolute Gasteiger partial charge is 0.394 e. The van der Waals surface area contributed by atoms with Gasteiger partial charge < -0.3 is 30.9 Å². The van der Waals surface area contributed by atoms with Gasteiger partial charge in [0, 0.05) is 0 Å². The molecule has 0 aromatic carbocycles. The molecule has 5 atom stereocenters. The number of hydrogen-bond donors (Lipinski definition) is 5. The van der Waals surface area contributed by atoms with E-state index >= 15 is 0 Å². The first-order valence-corrected chi connectivity index (χ1v) is 4.80. The van der Waals surface area contributed by atoms with Crippen molar-refractivity contribution in [3.8, 4) is 0 Å². The average molecular weight is 275 g/mol. The standard InChI is InChI=1S/C8H12F3NO6/c9-8(10,11)6(16)7(17)5(12)4(15)3(14)2(1-13)18-7/h2-5,13-15,17H,1,12H2/t2-,3+,4+,5-,7?/m1/s1. The third kappa shape index (κ3) is 2.35. The van der Waals surface area contributed by atoms with Crippen LogP contribution in [0.2, 0.25) is 0 Å². The quantitative estimate of drug-likeness (QED) is 0.369. The van der Waals surface area contributed by atoms with Crippen LogP contribution in [0.4, 0.5) is 13.2 Å². The number of aliphatic hydroxyl groups excluding tert-OH is 3. The molecule has 1 fully saturated rings. The molecule has 18 heavy (non-hydrogen) atoms. The first-order chi connectivity index (χ1) is 8.05. The lowest BCUT2D eigenvalue weighted by molar-refractivity contribution is -0.310. The fourth-order valence-corrected chi connectivity index (χ4v) is 1.60. The predicted octanol–water partition coefficient (Wildman–Crippen LogP) is -2.75. The van der Waals surface area contributed by atoms with Gasteiger partial charge in [-0.05, 0) is 0 Å². The average Bonchev–Trinajstić information content (AvgIpc) is 2.29. The van der Waals surface area contributed by atoms with E-state index in [1.165, 1.54) is 0 Å². The van der Waals surface area contributed by atoms with Gasteiger partial charge in [0.25, 0.3) is 11.6 Å². The fraction of sp³-hybridized carbons (Fsp3) is 0.875. The number of carbonyl (C=O) groups excluding carboxylic acids is 1. The zero-order chi connectivity index (χ0) is 14.3. The molecule has 6 N–H and O–H groups in total. The molecule has 0 radical (unpaired) electrons. The Morgan fingerprint density at radius 2 is 1.83 bits per heavy atom. The Morgan fingerprint density at radius 3 is 2.22 bits per heavy atom. The summed E-state index contributed by atoms with van der Waals surface area (Å²) < 4.78 is 41.1. The van der Waals surface area contributed by atoms with Crippen LogP contribution >= 0.6 is 0 Å². The summed E-state index contributed by atoms with van der Waals surface area (Å²) in [5, 5.41) is 36.9. The summed E-state index contributed by atoms with van der Waals surface area (Å²) in [6.07, 6.45) is -11.1. The Bertz CT molecular complexity index is 335. The number of alkyl halides is 3. The number of halogens is 3. The van der Waals surface area contributed by atoms with Gasteiger partial charge in [0.1, 0.15) is 18.3 Å². The van der Waals surface area contributed by atoms with E-state index in [4.69, 9.17) is 10.8 Å². The van der Waals surface area contributed by atoms with E-state index in [9.17, 15) is 33.3 Å². The molecule has 0 amide bonds. The molecule has 10 heteroatoms. The largest absolute Gasteiger partial charge is 0.455 e. The van der Waals surface area contributed by atoms with Crippen LogP contribution in [0.3, 0.4) is 0 Å². The second-order valence-corrected chi connectivity index (χ2v) is 3.87. The Kier molecular flexibility index (Phi) is 4.00. The second kappa shape index (κ2) is 4.72. The maximum atomic E-state index is 12.3. The van der Waals surface area contributed by atoms with Crippen molar-refractivity contribution in [2.24, 2.45) is 5.73 Å². The van der Waals surface area contributed by atoms with Gasteiger partial charge in [-0.15, -0.1) is 0 Å². The fourth-order valence-electron chi connectivity index (χ4n) is 1.60. The first kappa shape index (κ1) is 15.3. The molecule has 0 bridgehead atoms. The highest BCUT2D eigenvalue weighted by molar-refractivity contribution is 5.91. The van der Waals surface area contributed by atoms with Crippen LogP contribution in [0.25, 0.3) is 0 Å². The maximum absolute atomic E-state index is 12.3. The van der Waals surface area contributed by atoms with Gasteiger partial charge >= 0.3 is 6.18 Å². The number of Topliss-reactive ketones (excluding diaryl/α,β-unsaturated/α-hetero) is 1. The Labute approximate surface area is 98.6 Å². The number of rotatable bonds is 2. The summed E-state index contributed by atoms with van der Waals surface area (Å²) in [6.45, 7) is -1.02. The number of aliphatic hydroxyl groups is 4. The maximum Gasteiger partial charge on any atom is 0.455 e. The van der Waals surface area contributed by atoms with Gasteiger partial charge in [0.05, 0.1) is 12.6 Å². The van der Waals surface area contributed by atoms with Gasteiger partial charge in [0.2, 0.25) is 0 Å². The third-order valence-electron chi connectivity index (χ3n) is 2.64. The molecule has 0 aromatic heterocycles. The minimum absolute atomic E-state index is 1.02. The molecule has 106 valence electrons. The Morgan fingerprint density at radius 1 is 1.33 bits per heavy atom. The van der Waals surface area contributed by atoms with Gasteiger partial charge in [-0.3, -0.25) is 4.79 Å². The predicted molar refractivity (Wildman–Crippen MR) is 48.0 cm³/mol. The molecule has 0 spiro atoms. The van der Waals surface area contributed by atoms with E-state index in [2.05, 4.69) is 4.74 Å². The molecule has 1 aliphatic heterocycles. The lowest BCUT2D eigenvalue weighted by Gasteiger charge is -2.44. The Hall–Kier alpha value is -0.780. The summed E-state index contributed by atoms with van der Waals surface area (Å²) in [5.41, 5.74) is 5.07. The van der Waals surface area contributed by atoms with E-state index in [0.29, 0.717) is 0 Å². The molecule has 0 aromatic rings. The second-order valence-electron chi connectivity index (χ2n) is 3.87. The van der Waals surface area contributed by atoms with Crippen LogP contribution in [0, 0.1) is 0 Å². The molecule has 7 nitrogen and oxygen atoms in total. The van der Waals surface area contributed by atoms with Crippen LogP contribution in [-0.2, 0) is 9.53 Å². The lowest BCUT2D eigenvalue weighted by atomic mass is 9.88. The van der Waals surface area contributed by atoms with Crippen molar-refractivity contribution in [3.63, 3.8) is 0 Å². The molecule has 1 unspecified atom stereocenters. The zero-order valence-corrected chi connectivity index (χ0v) is 8.83. The highest BCUT2D eigenvalue weighted by Crippen LogP contribution is 2.33. The van der Waals surface area contributed by atoms with Crippen LogP contribution < -0.4 is 5.73 Å². The Balaban J connectivity index is 3.10. The van der Waals surface area contributed by atoms with Crippen molar-refractivity contribution in [2.75, 3.05) is 6.61 Å².